The summed E-state index contributed by atoms with van der Waals surface area (Å²) in [4.78, 5) is 24.2. The Hall–Kier alpha value is -1.32. The van der Waals surface area contributed by atoms with E-state index in [4.69, 9.17) is 0 Å². The fourth-order valence-corrected chi connectivity index (χ4v) is 4.58. The van der Waals surface area contributed by atoms with Gasteiger partial charge in [0.2, 0.25) is 5.91 Å². The predicted molar refractivity (Wildman–Crippen MR) is 79.5 cm³/mol. The SMILES string of the molecule is C[C@@H]1[C@H](C)CCC[C@@H]1NC(=O)[C@H]1[C@@H](C(=O)O)[C@H]2C=C[C@H]1C2. The molecule has 3 aliphatic carbocycles. The number of carboxylic acids is 1. The van der Waals surface area contributed by atoms with Crippen LogP contribution in [-0.4, -0.2) is 23.0 Å². The molecule has 116 valence electrons. The van der Waals surface area contributed by atoms with Crippen LogP contribution in [0.1, 0.15) is 39.5 Å². The molecule has 4 heteroatoms. The van der Waals surface area contributed by atoms with Crippen LogP contribution in [0.4, 0.5) is 0 Å². The van der Waals surface area contributed by atoms with E-state index < -0.39 is 11.9 Å². The van der Waals surface area contributed by atoms with Gasteiger partial charge in [-0.3, -0.25) is 9.59 Å². The molecule has 0 aromatic carbocycles. The summed E-state index contributed by atoms with van der Waals surface area (Å²) in [7, 11) is 0. The summed E-state index contributed by atoms with van der Waals surface area (Å²) < 4.78 is 0. The minimum Gasteiger partial charge on any atom is -0.481 e. The molecule has 0 heterocycles. The van der Waals surface area contributed by atoms with Gasteiger partial charge in [-0.05, 0) is 36.5 Å². The van der Waals surface area contributed by atoms with E-state index in [1.807, 2.05) is 12.2 Å². The molecular formula is C17H25NO3. The van der Waals surface area contributed by atoms with Crippen molar-refractivity contribution in [3.8, 4) is 0 Å². The molecule has 4 nitrogen and oxygen atoms in total. The molecule has 0 aliphatic heterocycles. The van der Waals surface area contributed by atoms with Crippen molar-refractivity contribution >= 4 is 11.9 Å². The fourth-order valence-electron chi connectivity index (χ4n) is 4.58. The van der Waals surface area contributed by atoms with Gasteiger partial charge >= 0.3 is 5.97 Å². The minimum absolute atomic E-state index is 0.0369. The Balaban J connectivity index is 1.70. The van der Waals surface area contributed by atoms with Gasteiger partial charge in [0, 0.05) is 6.04 Å². The number of allylic oxidation sites excluding steroid dienone is 2. The number of hydrogen-bond acceptors (Lipinski definition) is 2. The van der Waals surface area contributed by atoms with Gasteiger partial charge in [-0.15, -0.1) is 0 Å². The first-order valence-corrected chi connectivity index (χ1v) is 8.20. The van der Waals surface area contributed by atoms with Crippen LogP contribution in [0.15, 0.2) is 12.2 Å². The zero-order valence-electron chi connectivity index (χ0n) is 12.8. The molecule has 0 aromatic heterocycles. The van der Waals surface area contributed by atoms with Gasteiger partial charge in [0.15, 0.2) is 0 Å². The molecule has 1 amide bonds. The molecule has 2 N–H and O–H groups in total. The average molecular weight is 291 g/mol. The highest BCUT2D eigenvalue weighted by molar-refractivity contribution is 5.87. The smallest absolute Gasteiger partial charge is 0.307 e. The van der Waals surface area contributed by atoms with E-state index in [0.29, 0.717) is 11.8 Å². The van der Waals surface area contributed by atoms with E-state index in [1.165, 1.54) is 6.42 Å². The minimum atomic E-state index is -0.822. The van der Waals surface area contributed by atoms with Gasteiger partial charge in [0.05, 0.1) is 11.8 Å². The molecular weight excluding hydrogens is 266 g/mol. The molecule has 0 saturated heterocycles. The number of carbonyl (C=O) groups is 2. The Morgan fingerprint density at radius 2 is 1.76 bits per heavy atom. The number of nitrogens with one attached hydrogen (secondary N) is 1. The van der Waals surface area contributed by atoms with Crippen LogP contribution in [-0.2, 0) is 9.59 Å². The second-order valence-corrected chi connectivity index (χ2v) is 7.22. The summed E-state index contributed by atoms with van der Waals surface area (Å²) in [5, 5.41) is 12.6. The van der Waals surface area contributed by atoms with Crippen LogP contribution in [0.25, 0.3) is 0 Å². The summed E-state index contributed by atoms with van der Waals surface area (Å²) in [6, 6.07) is 0.207. The number of carbonyl (C=O) groups excluding carboxylic acids is 1. The Bertz CT molecular complexity index is 473. The third kappa shape index (κ3) is 2.49. The highest BCUT2D eigenvalue weighted by Gasteiger charge is 2.52. The van der Waals surface area contributed by atoms with Crippen LogP contribution >= 0.6 is 0 Å². The van der Waals surface area contributed by atoms with Gasteiger partial charge in [0.1, 0.15) is 0 Å². The van der Waals surface area contributed by atoms with Crippen molar-refractivity contribution in [3.05, 3.63) is 12.2 Å². The summed E-state index contributed by atoms with van der Waals surface area (Å²) >= 11 is 0. The fraction of sp³-hybridized carbons (Fsp3) is 0.765. The number of amides is 1. The van der Waals surface area contributed by atoms with Crippen molar-refractivity contribution in [2.45, 2.75) is 45.6 Å². The largest absolute Gasteiger partial charge is 0.481 e. The Morgan fingerprint density at radius 1 is 1.10 bits per heavy atom. The molecule has 3 aliphatic rings. The zero-order chi connectivity index (χ0) is 15.1. The third-order valence-corrected chi connectivity index (χ3v) is 6.08. The maximum atomic E-state index is 12.7. The maximum absolute atomic E-state index is 12.7. The number of rotatable bonds is 3. The van der Waals surface area contributed by atoms with E-state index in [1.54, 1.807) is 0 Å². The number of hydrogen-bond donors (Lipinski definition) is 2. The van der Waals surface area contributed by atoms with E-state index in [-0.39, 0.29) is 29.7 Å². The topological polar surface area (TPSA) is 66.4 Å². The molecule has 2 bridgehead atoms. The lowest BCUT2D eigenvalue weighted by molar-refractivity contribution is -0.148. The first-order valence-electron chi connectivity index (χ1n) is 8.20. The maximum Gasteiger partial charge on any atom is 0.307 e. The number of aliphatic carboxylic acids is 1. The van der Waals surface area contributed by atoms with Crippen molar-refractivity contribution in [1.82, 2.24) is 5.32 Å². The van der Waals surface area contributed by atoms with Gasteiger partial charge < -0.3 is 10.4 Å². The summed E-state index contributed by atoms with van der Waals surface area (Å²) in [6.07, 6.45) is 8.24. The molecule has 0 spiro atoms. The standard InChI is InChI=1S/C17H25NO3/c1-9-4-3-5-13(10(9)2)18-16(19)14-11-6-7-12(8-11)15(14)17(20)21/h6-7,9-15H,3-5,8H2,1-2H3,(H,18,19)(H,20,21)/t9-,10-,11+,12+,13+,14-,15+/m1/s1. The highest BCUT2D eigenvalue weighted by Crippen LogP contribution is 2.48. The molecule has 0 unspecified atom stereocenters. The molecule has 7 atom stereocenters. The van der Waals surface area contributed by atoms with E-state index >= 15 is 0 Å². The molecule has 2 fully saturated rings. The Morgan fingerprint density at radius 3 is 2.43 bits per heavy atom. The van der Waals surface area contributed by atoms with Crippen LogP contribution in [0.2, 0.25) is 0 Å². The van der Waals surface area contributed by atoms with E-state index in [9.17, 15) is 14.7 Å². The first-order chi connectivity index (χ1) is 9.99. The number of carboxylic acid groups (broad SMARTS) is 1. The van der Waals surface area contributed by atoms with Crippen molar-refractivity contribution in [3.63, 3.8) is 0 Å². The number of fused-ring (bicyclic) bond motifs is 2. The molecule has 3 rings (SSSR count). The molecule has 21 heavy (non-hydrogen) atoms. The summed E-state index contributed by atoms with van der Waals surface area (Å²) in [6.45, 7) is 4.44. The third-order valence-electron chi connectivity index (χ3n) is 6.08. The van der Waals surface area contributed by atoms with Crippen LogP contribution in [0.5, 0.6) is 0 Å². The summed E-state index contributed by atoms with van der Waals surface area (Å²) in [5.74, 6) is -0.502. The Labute approximate surface area is 126 Å². The Kier molecular flexibility index (Phi) is 3.80. The second kappa shape index (κ2) is 5.47. The van der Waals surface area contributed by atoms with Gasteiger partial charge in [-0.2, -0.15) is 0 Å². The molecule has 2 saturated carbocycles. The van der Waals surface area contributed by atoms with Gasteiger partial charge in [0.25, 0.3) is 0 Å². The van der Waals surface area contributed by atoms with Gasteiger partial charge in [-0.25, -0.2) is 0 Å². The zero-order valence-corrected chi connectivity index (χ0v) is 12.8. The lowest BCUT2D eigenvalue weighted by Crippen LogP contribution is -2.48. The predicted octanol–water partition coefficient (Wildman–Crippen LogP) is 2.45. The molecule has 0 radical (unpaired) electrons. The van der Waals surface area contributed by atoms with Crippen molar-refractivity contribution in [2.24, 2.45) is 35.5 Å². The van der Waals surface area contributed by atoms with Crippen LogP contribution in [0, 0.1) is 35.5 Å². The highest BCUT2D eigenvalue weighted by atomic mass is 16.4. The van der Waals surface area contributed by atoms with Crippen LogP contribution < -0.4 is 5.32 Å². The molecule has 0 aromatic rings. The lowest BCUT2D eigenvalue weighted by atomic mass is 9.77. The normalized spacial score (nSPS) is 44.8. The van der Waals surface area contributed by atoms with E-state index in [0.717, 1.165) is 19.3 Å². The van der Waals surface area contributed by atoms with E-state index in [2.05, 4.69) is 19.2 Å². The average Bonchev–Trinajstić information content (AvgIpc) is 3.04. The van der Waals surface area contributed by atoms with Crippen molar-refractivity contribution in [2.75, 3.05) is 0 Å². The van der Waals surface area contributed by atoms with Crippen molar-refractivity contribution in [1.29, 1.82) is 0 Å². The lowest BCUT2D eigenvalue weighted by Gasteiger charge is -2.36. The first kappa shape index (κ1) is 14.6. The van der Waals surface area contributed by atoms with Crippen molar-refractivity contribution < 1.29 is 14.7 Å². The second-order valence-electron chi connectivity index (χ2n) is 7.22. The van der Waals surface area contributed by atoms with Gasteiger partial charge in [-0.1, -0.05) is 38.8 Å². The van der Waals surface area contributed by atoms with Crippen LogP contribution in [0.3, 0.4) is 0 Å². The monoisotopic (exact) mass is 291 g/mol. The quantitative estimate of drug-likeness (QED) is 0.785. The summed E-state index contributed by atoms with van der Waals surface area (Å²) in [5.41, 5.74) is 0.